The Morgan fingerprint density at radius 3 is 2.40 bits per heavy atom. The highest BCUT2D eigenvalue weighted by Gasteiger charge is 2.00. The highest BCUT2D eigenvalue weighted by Crippen LogP contribution is 2.12. The number of hydrogen-bond donors (Lipinski definition) is 0. The molecule has 0 spiro atoms. The lowest BCUT2D eigenvalue weighted by molar-refractivity contribution is 0.665. The molecule has 0 heterocycles. The van der Waals surface area contributed by atoms with Gasteiger partial charge in [0.05, 0.1) is 0 Å². The fraction of sp³-hybridized carbons (Fsp3) is 1.00. The summed E-state index contributed by atoms with van der Waals surface area (Å²) in [7, 11) is 1.29. The van der Waals surface area contributed by atoms with Crippen LogP contribution in [0.15, 0.2) is 0 Å². The van der Waals surface area contributed by atoms with Gasteiger partial charge in [0, 0.05) is 21.5 Å². The van der Waals surface area contributed by atoms with Gasteiger partial charge in [-0.15, -0.1) is 23.2 Å². The predicted molar refractivity (Wildman–Crippen MR) is 53.6 cm³/mol. The van der Waals surface area contributed by atoms with Crippen LogP contribution in [0.3, 0.4) is 0 Å². The van der Waals surface area contributed by atoms with E-state index in [9.17, 15) is 0 Å². The summed E-state index contributed by atoms with van der Waals surface area (Å²) >= 11 is 11.5. The van der Waals surface area contributed by atoms with Gasteiger partial charge in [0.25, 0.3) is 0 Å². The molecule has 0 saturated carbocycles. The van der Waals surface area contributed by atoms with Gasteiger partial charge in [-0.05, 0) is 19.3 Å². The molecule has 0 bridgehead atoms. The van der Waals surface area contributed by atoms with Crippen LogP contribution in [0.4, 0.5) is 0 Å². The summed E-state index contributed by atoms with van der Waals surface area (Å²) in [5, 5.41) is 0.417. The molecule has 0 rings (SSSR count). The molecule has 0 aliphatic rings. The van der Waals surface area contributed by atoms with Gasteiger partial charge in [-0.3, -0.25) is 0 Å². The summed E-state index contributed by atoms with van der Waals surface area (Å²) in [4.78, 5) is 0. The van der Waals surface area contributed by atoms with Crippen LogP contribution in [0.25, 0.3) is 0 Å². The van der Waals surface area contributed by atoms with Crippen molar-refractivity contribution in [2.75, 3.05) is 5.88 Å². The molecule has 1 atom stereocenters. The summed E-state index contributed by atoms with van der Waals surface area (Å²) in [6, 6.07) is 1.33. The third kappa shape index (κ3) is 6.91. The molecule has 10 heavy (non-hydrogen) atoms. The maximum Gasteiger partial charge on any atom is 0.0333 e. The summed E-state index contributed by atoms with van der Waals surface area (Å²) in [5.41, 5.74) is 0. The van der Waals surface area contributed by atoms with Crippen molar-refractivity contribution in [3.8, 4) is 0 Å². The Morgan fingerprint density at radius 2 is 1.90 bits per heavy atom. The van der Waals surface area contributed by atoms with Crippen molar-refractivity contribution in [2.24, 2.45) is 0 Å². The van der Waals surface area contributed by atoms with Gasteiger partial charge in [-0.2, -0.15) is 0 Å². The first-order chi connectivity index (χ1) is 4.81. The summed E-state index contributed by atoms with van der Waals surface area (Å²) in [6.07, 6.45) is 4.66. The van der Waals surface area contributed by atoms with Crippen LogP contribution in [0.5, 0.6) is 0 Å². The number of unbranched alkanes of at least 4 members (excludes halogenated alkanes) is 1. The zero-order chi connectivity index (χ0) is 7.82. The molecule has 0 aliphatic heterocycles. The van der Waals surface area contributed by atoms with Crippen LogP contribution in [0.2, 0.25) is 6.04 Å². The van der Waals surface area contributed by atoms with Crippen LogP contribution < -0.4 is 0 Å². The summed E-state index contributed by atoms with van der Waals surface area (Å²) in [6.45, 7) is 0. The molecule has 0 aromatic carbocycles. The minimum atomic E-state index is 0.417. The molecule has 3 heteroatoms. The molecule has 1 unspecified atom stereocenters. The van der Waals surface area contributed by atoms with E-state index >= 15 is 0 Å². The zero-order valence-corrected chi connectivity index (χ0v) is 10.1. The Hall–Kier alpha value is 0.797. The van der Waals surface area contributed by atoms with Gasteiger partial charge in [0.15, 0.2) is 0 Å². The fourth-order valence-corrected chi connectivity index (χ4v) is 2.54. The minimum absolute atomic E-state index is 0.417. The molecular formula is C7H16Cl2Si. The smallest absolute Gasteiger partial charge is 0.0333 e. The Morgan fingerprint density at radius 1 is 1.20 bits per heavy atom. The molecule has 0 N–H and O–H groups in total. The maximum atomic E-state index is 6.00. The van der Waals surface area contributed by atoms with Crippen molar-refractivity contribution in [2.45, 2.75) is 37.1 Å². The Labute approximate surface area is 76.7 Å². The Kier molecular flexibility index (Phi) is 8.53. The quantitative estimate of drug-likeness (QED) is 0.349. The predicted octanol–water partition coefficient (Wildman–Crippen LogP) is 2.18. The molecule has 0 amide bonds. The highest BCUT2D eigenvalue weighted by atomic mass is 35.5. The topological polar surface area (TPSA) is 0 Å². The standard InChI is InChI=1S/C7H16Cl2Si/c8-5-2-1-3-7(9)4-6-10/h7H,1-6H2,10H3. The number of hydrogen-bond acceptors (Lipinski definition) is 0. The molecule has 0 aliphatic carbocycles. The van der Waals surface area contributed by atoms with E-state index in [1.807, 2.05) is 0 Å². The minimum Gasteiger partial charge on any atom is -0.127 e. The maximum absolute atomic E-state index is 6.00. The van der Waals surface area contributed by atoms with Crippen molar-refractivity contribution in [1.82, 2.24) is 0 Å². The average Bonchev–Trinajstić information content (AvgIpc) is 1.89. The molecular weight excluding hydrogens is 183 g/mol. The molecule has 0 aromatic heterocycles. The van der Waals surface area contributed by atoms with Gasteiger partial charge in [0.2, 0.25) is 0 Å². The van der Waals surface area contributed by atoms with E-state index in [2.05, 4.69) is 0 Å². The van der Waals surface area contributed by atoms with Gasteiger partial charge in [-0.25, -0.2) is 0 Å². The number of halogens is 2. The lowest BCUT2D eigenvalue weighted by Gasteiger charge is -2.05. The van der Waals surface area contributed by atoms with E-state index in [1.165, 1.54) is 29.1 Å². The van der Waals surface area contributed by atoms with Crippen LogP contribution in [0.1, 0.15) is 25.7 Å². The van der Waals surface area contributed by atoms with Gasteiger partial charge in [-0.1, -0.05) is 12.5 Å². The normalized spacial score (nSPS) is 13.8. The Bertz CT molecular complexity index is 68.6. The van der Waals surface area contributed by atoms with Gasteiger partial charge in [0.1, 0.15) is 0 Å². The first kappa shape index (κ1) is 10.8. The van der Waals surface area contributed by atoms with E-state index in [0.29, 0.717) is 5.38 Å². The van der Waals surface area contributed by atoms with E-state index in [-0.39, 0.29) is 0 Å². The average molecular weight is 199 g/mol. The Balaban J connectivity index is 2.97. The van der Waals surface area contributed by atoms with E-state index < -0.39 is 0 Å². The van der Waals surface area contributed by atoms with Crippen molar-refractivity contribution >= 4 is 33.4 Å². The first-order valence-corrected chi connectivity index (χ1v) is 6.39. The first-order valence-electron chi connectivity index (χ1n) is 4.01. The second-order valence-electron chi connectivity index (χ2n) is 2.57. The molecule has 62 valence electrons. The molecule has 0 fully saturated rings. The number of alkyl halides is 2. The summed E-state index contributed by atoms with van der Waals surface area (Å²) < 4.78 is 0. The van der Waals surface area contributed by atoms with E-state index in [1.54, 1.807) is 0 Å². The van der Waals surface area contributed by atoms with Crippen LogP contribution >= 0.6 is 23.2 Å². The largest absolute Gasteiger partial charge is 0.127 e. The molecule has 0 nitrogen and oxygen atoms in total. The lowest BCUT2D eigenvalue weighted by Crippen LogP contribution is -1.97. The SMILES string of the molecule is [SiH3]CCC(Cl)CCCCCl. The second kappa shape index (κ2) is 7.90. The number of rotatable bonds is 6. The van der Waals surface area contributed by atoms with Crippen LogP contribution in [-0.2, 0) is 0 Å². The van der Waals surface area contributed by atoms with Gasteiger partial charge < -0.3 is 0 Å². The van der Waals surface area contributed by atoms with E-state index in [0.717, 1.165) is 18.7 Å². The van der Waals surface area contributed by atoms with Crippen molar-refractivity contribution in [1.29, 1.82) is 0 Å². The molecule has 0 saturated heterocycles. The third-order valence-electron chi connectivity index (χ3n) is 1.50. The highest BCUT2D eigenvalue weighted by molar-refractivity contribution is 6.21. The molecule has 0 aromatic rings. The van der Waals surface area contributed by atoms with Crippen LogP contribution in [-0.4, -0.2) is 21.5 Å². The third-order valence-corrected chi connectivity index (χ3v) is 2.78. The zero-order valence-electron chi connectivity index (χ0n) is 6.58. The van der Waals surface area contributed by atoms with Gasteiger partial charge >= 0.3 is 0 Å². The molecule has 0 radical (unpaired) electrons. The lowest BCUT2D eigenvalue weighted by atomic mass is 10.2. The second-order valence-corrected chi connectivity index (χ2v) is 4.57. The summed E-state index contributed by atoms with van der Waals surface area (Å²) in [5.74, 6) is 0.782. The van der Waals surface area contributed by atoms with Crippen molar-refractivity contribution in [3.05, 3.63) is 0 Å². The fourth-order valence-electron chi connectivity index (χ4n) is 0.918. The van der Waals surface area contributed by atoms with E-state index in [4.69, 9.17) is 23.2 Å². The monoisotopic (exact) mass is 198 g/mol. The van der Waals surface area contributed by atoms with Crippen LogP contribution in [0, 0.1) is 0 Å². The van der Waals surface area contributed by atoms with Crippen molar-refractivity contribution in [3.63, 3.8) is 0 Å². The van der Waals surface area contributed by atoms with Crippen molar-refractivity contribution < 1.29 is 0 Å².